The lowest BCUT2D eigenvalue weighted by Crippen LogP contribution is -2.28. The van der Waals surface area contributed by atoms with Crippen molar-refractivity contribution in [2.45, 2.75) is 64.0 Å². The van der Waals surface area contributed by atoms with Crippen molar-refractivity contribution in [1.29, 1.82) is 0 Å². The Morgan fingerprint density at radius 1 is 1.11 bits per heavy atom. The number of aliphatic hydroxyl groups is 2. The minimum absolute atomic E-state index is 0.846. The van der Waals surface area contributed by atoms with Crippen LogP contribution in [0.25, 0.3) is 0 Å². The smallest absolute Gasteiger partial charge is 0.143 e. The molecule has 18 heavy (non-hydrogen) atoms. The van der Waals surface area contributed by atoms with E-state index >= 15 is 0 Å². The maximum atomic E-state index is 10.2. The molecule has 0 saturated heterocycles. The molecule has 1 aliphatic rings. The third kappa shape index (κ3) is 5.27. The molecule has 2 N–H and O–H groups in total. The monoisotopic (exact) mass is 330 g/mol. The van der Waals surface area contributed by atoms with Gasteiger partial charge in [-0.3, -0.25) is 0 Å². The maximum absolute atomic E-state index is 10.2. The molecule has 0 aromatic heterocycles. The minimum Gasteiger partial charge on any atom is -0.385 e. The van der Waals surface area contributed by atoms with Crippen LogP contribution in [0.15, 0.2) is 10.1 Å². The molecule has 1 rings (SSSR count). The van der Waals surface area contributed by atoms with Crippen molar-refractivity contribution in [3.8, 4) is 11.5 Å². The molecule has 0 heterocycles. The molecule has 0 radical (unpaired) electrons. The van der Waals surface area contributed by atoms with Crippen LogP contribution in [-0.2, 0) is 0 Å². The topological polar surface area (TPSA) is 40.5 Å². The molecule has 2 atom stereocenters. The van der Waals surface area contributed by atoms with Crippen molar-refractivity contribution < 1.29 is 10.2 Å². The largest absolute Gasteiger partial charge is 0.385 e. The molecule has 0 bridgehead atoms. The fourth-order valence-electron chi connectivity index (χ4n) is 1.94. The Balaban J connectivity index is 2.78. The molecule has 0 spiro atoms. The van der Waals surface area contributed by atoms with Crippen LogP contribution in [0.3, 0.4) is 0 Å². The van der Waals surface area contributed by atoms with Crippen LogP contribution in [0.1, 0.15) is 32.1 Å². The third-order valence-electron chi connectivity index (χ3n) is 2.94. The number of hydrogen-bond donors (Lipinski definition) is 2. The molecule has 0 fully saturated rings. The lowest BCUT2D eigenvalue weighted by molar-refractivity contribution is 0.0766. The van der Waals surface area contributed by atoms with Crippen molar-refractivity contribution in [1.82, 2.24) is 0 Å². The fourth-order valence-corrected chi connectivity index (χ4v) is 3.23. The van der Waals surface area contributed by atoms with Crippen LogP contribution < -0.4 is 0 Å². The Labute approximate surface area is 120 Å². The van der Waals surface area contributed by atoms with E-state index in [1.54, 1.807) is 0 Å². The molecule has 2 nitrogen and oxygen atoms in total. The summed E-state index contributed by atoms with van der Waals surface area (Å²) in [5, 5.41) is 20.2. The zero-order chi connectivity index (χ0) is 13.8. The second-order valence-corrected chi connectivity index (χ2v) is 11.6. The molecule has 0 aromatic rings. The lowest BCUT2D eigenvalue weighted by Gasteiger charge is -2.18. The second kappa shape index (κ2) is 6.90. The standard InChI is InChI=1S/C14H23BrO2Si/c1-18(2,3)10-9-13(16)14(17)11-7-5-4-6-8-12(11)15/h13-14,16-17H,4-8H2,1-3H3/t13-,14+/m0/s1. The summed E-state index contributed by atoms with van der Waals surface area (Å²) in [5.41, 5.74) is 4.05. The van der Waals surface area contributed by atoms with Gasteiger partial charge in [-0.15, -0.1) is 5.54 Å². The summed E-state index contributed by atoms with van der Waals surface area (Å²) < 4.78 is 1.06. The number of allylic oxidation sites excluding steroid dienone is 1. The van der Waals surface area contributed by atoms with Crippen molar-refractivity contribution in [2.75, 3.05) is 0 Å². The van der Waals surface area contributed by atoms with Gasteiger partial charge in [-0.1, -0.05) is 47.9 Å². The number of halogens is 1. The van der Waals surface area contributed by atoms with Crippen LogP contribution in [0, 0.1) is 11.5 Å². The number of hydrogen-bond acceptors (Lipinski definition) is 2. The van der Waals surface area contributed by atoms with Gasteiger partial charge in [0.1, 0.15) is 20.3 Å². The highest BCUT2D eigenvalue weighted by atomic mass is 79.9. The van der Waals surface area contributed by atoms with Crippen molar-refractivity contribution in [2.24, 2.45) is 0 Å². The summed E-state index contributed by atoms with van der Waals surface area (Å²) in [5.74, 6) is 2.82. The Morgan fingerprint density at radius 3 is 2.33 bits per heavy atom. The van der Waals surface area contributed by atoms with E-state index in [-0.39, 0.29) is 0 Å². The summed E-state index contributed by atoms with van der Waals surface area (Å²) in [6, 6.07) is 0. The Bertz CT molecular complexity index is 373. The molecule has 0 aliphatic heterocycles. The van der Waals surface area contributed by atoms with E-state index in [0.29, 0.717) is 0 Å². The summed E-state index contributed by atoms with van der Waals surface area (Å²) in [7, 11) is -1.50. The van der Waals surface area contributed by atoms with Gasteiger partial charge in [-0.05, 0) is 35.7 Å². The van der Waals surface area contributed by atoms with Crippen LogP contribution in [0.4, 0.5) is 0 Å². The van der Waals surface area contributed by atoms with Crippen LogP contribution in [-0.4, -0.2) is 30.5 Å². The van der Waals surface area contributed by atoms with E-state index in [1.807, 2.05) is 0 Å². The van der Waals surface area contributed by atoms with Crippen LogP contribution in [0.5, 0.6) is 0 Å². The van der Waals surface area contributed by atoms with E-state index < -0.39 is 20.3 Å². The van der Waals surface area contributed by atoms with E-state index in [2.05, 4.69) is 47.0 Å². The molecule has 0 unspecified atom stereocenters. The lowest BCUT2D eigenvalue weighted by atomic mass is 10.0. The van der Waals surface area contributed by atoms with E-state index in [4.69, 9.17) is 0 Å². The first kappa shape index (κ1) is 16.0. The summed E-state index contributed by atoms with van der Waals surface area (Å²) in [6.07, 6.45) is 3.41. The van der Waals surface area contributed by atoms with E-state index in [9.17, 15) is 10.2 Å². The summed E-state index contributed by atoms with van der Waals surface area (Å²) in [4.78, 5) is 0. The highest BCUT2D eigenvalue weighted by Gasteiger charge is 2.23. The zero-order valence-corrected chi connectivity index (χ0v) is 14.0. The molecular formula is C14H23BrO2Si. The van der Waals surface area contributed by atoms with Gasteiger partial charge in [0.2, 0.25) is 0 Å². The SMILES string of the molecule is C[Si](C)(C)C#C[C@H](O)[C@H](O)C1=C(Br)CCCCC1. The van der Waals surface area contributed by atoms with Gasteiger partial charge in [0.25, 0.3) is 0 Å². The van der Waals surface area contributed by atoms with Gasteiger partial charge in [0.15, 0.2) is 0 Å². The van der Waals surface area contributed by atoms with Gasteiger partial charge in [0, 0.05) is 0 Å². The quantitative estimate of drug-likeness (QED) is 0.603. The Morgan fingerprint density at radius 2 is 1.72 bits per heavy atom. The van der Waals surface area contributed by atoms with E-state index in [0.717, 1.165) is 35.7 Å². The first-order valence-corrected chi connectivity index (χ1v) is 10.9. The molecule has 0 aromatic carbocycles. The summed E-state index contributed by atoms with van der Waals surface area (Å²) in [6.45, 7) is 6.37. The minimum atomic E-state index is -1.50. The molecule has 1 aliphatic carbocycles. The highest BCUT2D eigenvalue weighted by Crippen LogP contribution is 2.30. The van der Waals surface area contributed by atoms with Gasteiger partial charge in [-0.25, -0.2) is 0 Å². The zero-order valence-electron chi connectivity index (χ0n) is 11.5. The first-order valence-electron chi connectivity index (χ1n) is 6.57. The molecule has 0 amide bonds. The Kier molecular flexibility index (Phi) is 6.13. The van der Waals surface area contributed by atoms with Gasteiger partial charge in [0.05, 0.1) is 0 Å². The number of rotatable bonds is 2. The average Bonchev–Trinajstić information content (AvgIpc) is 2.49. The van der Waals surface area contributed by atoms with Gasteiger partial charge in [-0.2, -0.15) is 0 Å². The van der Waals surface area contributed by atoms with Crippen molar-refractivity contribution in [3.05, 3.63) is 10.1 Å². The first-order chi connectivity index (χ1) is 8.31. The number of aliphatic hydroxyl groups excluding tert-OH is 2. The average molecular weight is 331 g/mol. The molecule has 0 saturated carbocycles. The summed E-state index contributed by atoms with van der Waals surface area (Å²) >= 11 is 3.53. The predicted octanol–water partition coefficient (Wildman–Crippen LogP) is 3.20. The fraction of sp³-hybridized carbons (Fsp3) is 0.714. The van der Waals surface area contributed by atoms with Crippen LogP contribution >= 0.6 is 15.9 Å². The van der Waals surface area contributed by atoms with Crippen molar-refractivity contribution in [3.63, 3.8) is 0 Å². The third-order valence-corrected chi connectivity index (χ3v) is 4.74. The van der Waals surface area contributed by atoms with Crippen LogP contribution in [0.2, 0.25) is 19.6 Å². The molecule has 102 valence electrons. The van der Waals surface area contributed by atoms with Gasteiger partial charge >= 0.3 is 0 Å². The predicted molar refractivity (Wildman–Crippen MR) is 82.2 cm³/mol. The Hall–Kier alpha value is -0.0831. The van der Waals surface area contributed by atoms with Gasteiger partial charge < -0.3 is 10.2 Å². The maximum Gasteiger partial charge on any atom is 0.143 e. The normalized spacial score (nSPS) is 20.8. The highest BCUT2D eigenvalue weighted by molar-refractivity contribution is 9.11. The van der Waals surface area contributed by atoms with E-state index in [1.165, 1.54) is 6.42 Å². The molecule has 4 heteroatoms. The van der Waals surface area contributed by atoms with Crippen molar-refractivity contribution >= 4 is 24.0 Å². The second-order valence-electron chi connectivity index (χ2n) is 5.90. The molecular weight excluding hydrogens is 308 g/mol.